The third kappa shape index (κ3) is 5.31. The number of carboxylic acid groups (broad SMARTS) is 1. The van der Waals surface area contributed by atoms with Crippen molar-refractivity contribution in [3.8, 4) is 22.5 Å². The van der Waals surface area contributed by atoms with E-state index in [2.05, 4.69) is 9.97 Å². The van der Waals surface area contributed by atoms with Crippen LogP contribution in [0.2, 0.25) is 10.0 Å². The van der Waals surface area contributed by atoms with E-state index in [1.165, 1.54) is 0 Å². The van der Waals surface area contributed by atoms with Crippen LogP contribution in [-0.4, -0.2) is 41.4 Å². The molecule has 150 valence electrons. The number of carboxylic acids is 1. The number of methoxy groups -OCH3 is 1. The van der Waals surface area contributed by atoms with Crippen molar-refractivity contribution >= 4 is 29.2 Å². The van der Waals surface area contributed by atoms with E-state index in [0.717, 1.165) is 5.56 Å². The van der Waals surface area contributed by atoms with E-state index >= 15 is 0 Å². The van der Waals surface area contributed by atoms with E-state index in [0.29, 0.717) is 40.2 Å². The number of nitrogens with zero attached hydrogens (tertiary/aromatic N) is 2. The summed E-state index contributed by atoms with van der Waals surface area (Å²) in [5.74, 6) is -1.18. The van der Waals surface area contributed by atoms with Gasteiger partial charge in [-0.1, -0.05) is 47.5 Å². The number of aromatic carboxylic acids is 1. The van der Waals surface area contributed by atoms with Gasteiger partial charge in [-0.05, 0) is 24.3 Å². The smallest absolute Gasteiger partial charge is 0.356 e. The summed E-state index contributed by atoms with van der Waals surface area (Å²) in [5, 5.41) is 10.8. The molecule has 8 heteroatoms. The van der Waals surface area contributed by atoms with Crippen molar-refractivity contribution in [1.29, 1.82) is 0 Å². The summed E-state index contributed by atoms with van der Waals surface area (Å²) in [6.45, 7) is 0.703. The molecule has 0 spiro atoms. The molecule has 3 aromatic rings. The molecule has 0 fully saturated rings. The molecule has 0 bridgehead atoms. The minimum Gasteiger partial charge on any atom is -0.476 e. The summed E-state index contributed by atoms with van der Waals surface area (Å²) < 4.78 is 10.4. The third-order valence-corrected chi connectivity index (χ3v) is 4.58. The molecule has 0 saturated carbocycles. The maximum Gasteiger partial charge on any atom is 0.356 e. The number of rotatable bonds is 8. The Morgan fingerprint density at radius 3 is 1.90 bits per heavy atom. The first-order valence-corrected chi connectivity index (χ1v) is 9.48. The molecule has 0 aliphatic heterocycles. The minimum atomic E-state index is -1.18. The lowest BCUT2D eigenvalue weighted by molar-refractivity contribution is 0.0571. The number of ether oxygens (including phenoxy) is 2. The molecule has 1 heterocycles. The maximum absolute atomic E-state index is 11.8. The molecule has 0 radical (unpaired) electrons. The van der Waals surface area contributed by atoms with Gasteiger partial charge < -0.3 is 14.6 Å². The van der Waals surface area contributed by atoms with Crippen LogP contribution in [0.4, 0.5) is 0 Å². The van der Waals surface area contributed by atoms with Gasteiger partial charge >= 0.3 is 5.97 Å². The van der Waals surface area contributed by atoms with Gasteiger partial charge in [-0.15, -0.1) is 0 Å². The van der Waals surface area contributed by atoms with Crippen LogP contribution >= 0.6 is 23.2 Å². The fourth-order valence-corrected chi connectivity index (χ4v) is 2.92. The molecule has 0 aliphatic carbocycles. The highest BCUT2D eigenvalue weighted by Gasteiger charge is 2.21. The average molecular weight is 433 g/mol. The SMILES string of the molecule is COCCOCc1nc(-c2ccc(Cl)cc2)c(-c2ccc(Cl)cc2)nc1C(=O)O. The lowest BCUT2D eigenvalue weighted by Gasteiger charge is -2.14. The zero-order valence-corrected chi connectivity index (χ0v) is 17.1. The third-order valence-electron chi connectivity index (χ3n) is 4.08. The van der Waals surface area contributed by atoms with Crippen molar-refractivity contribution in [3.63, 3.8) is 0 Å². The van der Waals surface area contributed by atoms with Gasteiger partial charge in [-0.25, -0.2) is 14.8 Å². The van der Waals surface area contributed by atoms with Crippen molar-refractivity contribution in [2.75, 3.05) is 20.3 Å². The monoisotopic (exact) mass is 432 g/mol. The van der Waals surface area contributed by atoms with Crippen LogP contribution in [0.15, 0.2) is 48.5 Å². The molecule has 29 heavy (non-hydrogen) atoms. The van der Waals surface area contributed by atoms with Crippen molar-refractivity contribution in [2.24, 2.45) is 0 Å². The summed E-state index contributed by atoms with van der Waals surface area (Å²) >= 11 is 12.0. The summed E-state index contributed by atoms with van der Waals surface area (Å²) in [6.07, 6.45) is 0. The van der Waals surface area contributed by atoms with Crippen molar-refractivity contribution in [3.05, 3.63) is 70.0 Å². The predicted octanol–water partition coefficient (Wildman–Crippen LogP) is 4.98. The van der Waals surface area contributed by atoms with Gasteiger partial charge in [-0.3, -0.25) is 0 Å². The van der Waals surface area contributed by atoms with E-state index in [4.69, 9.17) is 32.7 Å². The van der Waals surface area contributed by atoms with Gasteiger partial charge in [0, 0.05) is 28.3 Å². The Balaban J connectivity index is 2.14. The van der Waals surface area contributed by atoms with Crippen LogP contribution < -0.4 is 0 Å². The molecule has 1 N–H and O–H groups in total. The first kappa shape index (κ1) is 21.2. The summed E-state index contributed by atoms with van der Waals surface area (Å²) in [7, 11) is 1.56. The number of carbonyl (C=O) groups is 1. The first-order valence-electron chi connectivity index (χ1n) is 8.72. The van der Waals surface area contributed by atoms with E-state index in [-0.39, 0.29) is 18.0 Å². The van der Waals surface area contributed by atoms with Crippen molar-refractivity contribution in [1.82, 2.24) is 9.97 Å². The predicted molar refractivity (Wildman–Crippen MR) is 111 cm³/mol. The number of aromatic nitrogens is 2. The number of hydrogen-bond donors (Lipinski definition) is 1. The van der Waals surface area contributed by atoms with Crippen LogP contribution in [0, 0.1) is 0 Å². The van der Waals surface area contributed by atoms with Gasteiger partial charge in [0.1, 0.15) is 0 Å². The molecular formula is C21H18Cl2N2O4. The highest BCUT2D eigenvalue weighted by Crippen LogP contribution is 2.31. The number of halogens is 2. The quantitative estimate of drug-likeness (QED) is 0.505. The second kappa shape index (κ2) is 9.80. The molecule has 0 saturated heterocycles. The normalized spacial score (nSPS) is 10.9. The Morgan fingerprint density at radius 2 is 1.41 bits per heavy atom. The molecule has 6 nitrogen and oxygen atoms in total. The summed E-state index contributed by atoms with van der Waals surface area (Å²) in [5.41, 5.74) is 2.48. The first-order chi connectivity index (χ1) is 14.0. The second-order valence-electron chi connectivity index (χ2n) is 6.08. The molecular weight excluding hydrogens is 415 g/mol. The van der Waals surface area contributed by atoms with Crippen molar-refractivity contribution in [2.45, 2.75) is 6.61 Å². The molecule has 0 atom stereocenters. The molecule has 0 amide bonds. The minimum absolute atomic E-state index is 0.000515. The lowest BCUT2D eigenvalue weighted by atomic mass is 10.0. The van der Waals surface area contributed by atoms with E-state index < -0.39 is 5.97 Å². The van der Waals surface area contributed by atoms with Crippen LogP contribution in [0.5, 0.6) is 0 Å². The number of benzene rings is 2. The Morgan fingerprint density at radius 1 is 0.897 bits per heavy atom. The fraction of sp³-hybridized carbons (Fsp3) is 0.190. The summed E-state index contributed by atoms with van der Waals surface area (Å²) in [4.78, 5) is 20.8. The van der Waals surface area contributed by atoms with Gasteiger partial charge in [0.2, 0.25) is 0 Å². The zero-order valence-electron chi connectivity index (χ0n) is 15.6. The van der Waals surface area contributed by atoms with Crippen LogP contribution in [0.1, 0.15) is 16.2 Å². The van der Waals surface area contributed by atoms with E-state index in [9.17, 15) is 9.90 Å². The topological polar surface area (TPSA) is 81.5 Å². The molecule has 2 aromatic carbocycles. The summed E-state index contributed by atoms with van der Waals surface area (Å²) in [6, 6.07) is 14.1. The lowest BCUT2D eigenvalue weighted by Crippen LogP contribution is -2.13. The maximum atomic E-state index is 11.8. The Hall–Kier alpha value is -2.51. The largest absolute Gasteiger partial charge is 0.476 e. The van der Waals surface area contributed by atoms with Crippen LogP contribution in [0.25, 0.3) is 22.5 Å². The van der Waals surface area contributed by atoms with Gasteiger partial charge in [-0.2, -0.15) is 0 Å². The van der Waals surface area contributed by atoms with E-state index in [1.54, 1.807) is 43.5 Å². The highest BCUT2D eigenvalue weighted by molar-refractivity contribution is 6.31. The van der Waals surface area contributed by atoms with Crippen LogP contribution in [0.3, 0.4) is 0 Å². The van der Waals surface area contributed by atoms with Crippen LogP contribution in [-0.2, 0) is 16.1 Å². The van der Waals surface area contributed by atoms with Gasteiger partial charge in [0.25, 0.3) is 0 Å². The van der Waals surface area contributed by atoms with Crippen molar-refractivity contribution < 1.29 is 19.4 Å². The average Bonchev–Trinajstić information content (AvgIpc) is 2.72. The zero-order chi connectivity index (χ0) is 20.8. The Labute approximate surface area is 178 Å². The fourth-order valence-electron chi connectivity index (χ4n) is 2.67. The second-order valence-corrected chi connectivity index (χ2v) is 6.95. The van der Waals surface area contributed by atoms with Gasteiger partial charge in [0.05, 0.1) is 36.9 Å². The van der Waals surface area contributed by atoms with Gasteiger partial charge in [0.15, 0.2) is 5.69 Å². The number of hydrogen-bond acceptors (Lipinski definition) is 5. The molecule has 1 aromatic heterocycles. The Kier molecular flexibility index (Phi) is 7.17. The molecule has 3 rings (SSSR count). The Bertz CT molecular complexity index is 993. The molecule has 0 unspecified atom stereocenters. The van der Waals surface area contributed by atoms with E-state index in [1.807, 2.05) is 12.1 Å². The molecule has 0 aliphatic rings. The standard InChI is InChI=1S/C21H18Cl2N2O4/c1-28-10-11-29-12-17-20(21(26)27)25-19(14-4-8-16(23)9-5-14)18(24-17)13-2-6-15(22)7-3-13/h2-9H,10-12H2,1H3,(H,26,27). The highest BCUT2D eigenvalue weighted by atomic mass is 35.5.